The smallest absolute Gasteiger partial charge is 0.339 e. The first kappa shape index (κ1) is 14.5. The summed E-state index contributed by atoms with van der Waals surface area (Å²) in [6.45, 7) is -0.00933. The van der Waals surface area contributed by atoms with Gasteiger partial charge in [0, 0.05) is 16.1 Å². The predicted octanol–water partition coefficient (Wildman–Crippen LogP) is 4.00. The summed E-state index contributed by atoms with van der Waals surface area (Å²) in [4.78, 5) is 11.0. The van der Waals surface area contributed by atoms with E-state index in [9.17, 15) is 13.6 Å². The molecule has 0 spiro atoms. The Balaban J connectivity index is 2.22. The molecule has 6 heteroatoms. The number of hydrogen-bond donors (Lipinski definition) is 1. The van der Waals surface area contributed by atoms with Crippen LogP contribution in [0.1, 0.15) is 15.9 Å². The van der Waals surface area contributed by atoms with Gasteiger partial charge in [-0.05, 0) is 24.3 Å². The van der Waals surface area contributed by atoms with Crippen molar-refractivity contribution in [1.82, 2.24) is 0 Å². The molecule has 2 aromatic rings. The van der Waals surface area contributed by atoms with E-state index in [1.807, 2.05) is 0 Å². The summed E-state index contributed by atoms with van der Waals surface area (Å²) >= 11 is 3.17. The summed E-state index contributed by atoms with van der Waals surface area (Å²) in [6.07, 6.45) is 0. The number of halogens is 3. The highest BCUT2D eigenvalue weighted by Crippen LogP contribution is 2.24. The second-order valence-electron chi connectivity index (χ2n) is 3.97. The van der Waals surface area contributed by atoms with E-state index in [-0.39, 0.29) is 17.9 Å². The Morgan fingerprint density at radius 2 is 1.80 bits per heavy atom. The van der Waals surface area contributed by atoms with Crippen molar-refractivity contribution in [3.8, 4) is 5.75 Å². The van der Waals surface area contributed by atoms with Gasteiger partial charge in [0.25, 0.3) is 0 Å². The molecule has 3 nitrogen and oxygen atoms in total. The molecule has 104 valence electrons. The summed E-state index contributed by atoms with van der Waals surface area (Å²) in [5.74, 6) is -2.28. The van der Waals surface area contributed by atoms with Gasteiger partial charge in [-0.3, -0.25) is 0 Å². The van der Waals surface area contributed by atoms with Gasteiger partial charge in [-0.25, -0.2) is 13.6 Å². The summed E-state index contributed by atoms with van der Waals surface area (Å²) in [5, 5.41) is 8.98. The van der Waals surface area contributed by atoms with Crippen LogP contribution in [0.25, 0.3) is 0 Å². The molecule has 0 aliphatic carbocycles. The summed E-state index contributed by atoms with van der Waals surface area (Å²) < 4.78 is 31.9. The van der Waals surface area contributed by atoms with E-state index in [4.69, 9.17) is 9.84 Å². The van der Waals surface area contributed by atoms with Crippen LogP contribution in [0.4, 0.5) is 8.78 Å². The molecule has 0 fully saturated rings. The summed E-state index contributed by atoms with van der Waals surface area (Å²) in [7, 11) is 0. The monoisotopic (exact) mass is 342 g/mol. The third-order valence-electron chi connectivity index (χ3n) is 2.57. The molecule has 2 rings (SSSR count). The SMILES string of the molecule is O=C(O)c1ccc(F)cc1OCc1ccc(F)cc1Br. The van der Waals surface area contributed by atoms with E-state index in [1.165, 1.54) is 18.2 Å². The second kappa shape index (κ2) is 6.00. The van der Waals surface area contributed by atoms with Crippen molar-refractivity contribution in [3.05, 3.63) is 63.6 Å². The molecule has 0 aliphatic heterocycles. The number of aromatic carboxylic acids is 1. The van der Waals surface area contributed by atoms with Gasteiger partial charge in [-0.15, -0.1) is 0 Å². The number of carbonyl (C=O) groups is 1. The van der Waals surface area contributed by atoms with Gasteiger partial charge in [-0.1, -0.05) is 22.0 Å². The number of rotatable bonds is 4. The minimum Gasteiger partial charge on any atom is -0.488 e. The first-order chi connectivity index (χ1) is 9.47. The summed E-state index contributed by atoms with van der Waals surface area (Å²) in [5.41, 5.74) is 0.483. The maximum Gasteiger partial charge on any atom is 0.339 e. The first-order valence-corrected chi connectivity index (χ1v) is 6.36. The van der Waals surface area contributed by atoms with Crippen LogP contribution in [-0.2, 0) is 6.61 Å². The third kappa shape index (κ3) is 3.33. The van der Waals surface area contributed by atoms with Gasteiger partial charge in [-0.2, -0.15) is 0 Å². The van der Waals surface area contributed by atoms with E-state index >= 15 is 0 Å². The van der Waals surface area contributed by atoms with Gasteiger partial charge in [0.15, 0.2) is 0 Å². The number of carboxylic acid groups (broad SMARTS) is 1. The largest absolute Gasteiger partial charge is 0.488 e. The van der Waals surface area contributed by atoms with Crippen molar-refractivity contribution in [3.63, 3.8) is 0 Å². The highest BCUT2D eigenvalue weighted by Gasteiger charge is 2.13. The van der Waals surface area contributed by atoms with Crippen LogP contribution in [0.2, 0.25) is 0 Å². The number of ether oxygens (including phenoxy) is 1. The van der Waals surface area contributed by atoms with Gasteiger partial charge in [0.1, 0.15) is 29.6 Å². The molecule has 2 aromatic carbocycles. The lowest BCUT2D eigenvalue weighted by Crippen LogP contribution is -2.04. The molecule has 0 heterocycles. The molecular weight excluding hydrogens is 334 g/mol. The fraction of sp³-hybridized carbons (Fsp3) is 0.0714. The lowest BCUT2D eigenvalue weighted by Gasteiger charge is -2.10. The van der Waals surface area contributed by atoms with Crippen molar-refractivity contribution in [1.29, 1.82) is 0 Å². The van der Waals surface area contributed by atoms with E-state index < -0.39 is 17.6 Å². The minimum absolute atomic E-state index is 0.00933. The second-order valence-corrected chi connectivity index (χ2v) is 4.82. The average molecular weight is 343 g/mol. The Morgan fingerprint density at radius 3 is 2.45 bits per heavy atom. The molecule has 1 N–H and O–H groups in total. The highest BCUT2D eigenvalue weighted by molar-refractivity contribution is 9.10. The molecule has 0 bridgehead atoms. The van der Waals surface area contributed by atoms with Crippen molar-refractivity contribution in [2.24, 2.45) is 0 Å². The quantitative estimate of drug-likeness (QED) is 0.913. The molecule has 0 saturated heterocycles. The van der Waals surface area contributed by atoms with Gasteiger partial charge >= 0.3 is 5.97 Å². The zero-order valence-electron chi connectivity index (χ0n) is 10.1. The molecule has 0 aliphatic rings. The third-order valence-corrected chi connectivity index (χ3v) is 3.31. The Kier molecular flexibility index (Phi) is 4.34. The van der Waals surface area contributed by atoms with Crippen LogP contribution in [0.3, 0.4) is 0 Å². The van der Waals surface area contributed by atoms with Crippen molar-refractivity contribution in [2.45, 2.75) is 6.61 Å². The van der Waals surface area contributed by atoms with Gasteiger partial charge in [0.2, 0.25) is 0 Å². The molecule has 0 radical (unpaired) electrons. The number of carboxylic acids is 1. The Bertz CT molecular complexity index is 659. The maximum atomic E-state index is 13.1. The lowest BCUT2D eigenvalue weighted by atomic mass is 10.2. The van der Waals surface area contributed by atoms with Crippen LogP contribution in [0, 0.1) is 11.6 Å². The maximum absolute atomic E-state index is 13.1. The molecule has 0 aromatic heterocycles. The van der Waals surface area contributed by atoms with Crippen molar-refractivity contribution >= 4 is 21.9 Å². The van der Waals surface area contributed by atoms with E-state index in [2.05, 4.69) is 15.9 Å². The normalized spacial score (nSPS) is 10.3. The Hall–Kier alpha value is -1.95. The Labute approximate surface area is 121 Å². The molecule has 0 atom stereocenters. The van der Waals surface area contributed by atoms with E-state index in [1.54, 1.807) is 0 Å². The molecule has 0 saturated carbocycles. The van der Waals surface area contributed by atoms with Gasteiger partial charge in [0.05, 0.1) is 0 Å². The molecule has 0 amide bonds. The fourth-order valence-corrected chi connectivity index (χ4v) is 2.05. The zero-order chi connectivity index (χ0) is 14.7. The molecule has 20 heavy (non-hydrogen) atoms. The molecular formula is C14H9BrF2O3. The van der Waals surface area contributed by atoms with Crippen LogP contribution in [0.5, 0.6) is 5.75 Å². The number of benzene rings is 2. The predicted molar refractivity (Wildman–Crippen MR) is 71.8 cm³/mol. The van der Waals surface area contributed by atoms with Crippen molar-refractivity contribution < 1.29 is 23.4 Å². The van der Waals surface area contributed by atoms with Crippen LogP contribution in [-0.4, -0.2) is 11.1 Å². The van der Waals surface area contributed by atoms with Crippen LogP contribution in [0.15, 0.2) is 40.9 Å². The highest BCUT2D eigenvalue weighted by atomic mass is 79.9. The topological polar surface area (TPSA) is 46.5 Å². The van der Waals surface area contributed by atoms with Crippen molar-refractivity contribution in [2.75, 3.05) is 0 Å². The standard InChI is InChI=1S/C14H9BrF2O3/c15-12-5-9(16)2-1-8(12)7-20-13-6-10(17)3-4-11(13)14(18)19/h1-6H,7H2,(H,18,19). The van der Waals surface area contributed by atoms with Gasteiger partial charge < -0.3 is 9.84 Å². The van der Waals surface area contributed by atoms with Crippen LogP contribution >= 0.6 is 15.9 Å². The van der Waals surface area contributed by atoms with Crippen LogP contribution < -0.4 is 4.74 Å². The zero-order valence-corrected chi connectivity index (χ0v) is 11.7. The lowest BCUT2D eigenvalue weighted by molar-refractivity contribution is 0.0691. The van der Waals surface area contributed by atoms with E-state index in [0.717, 1.165) is 18.2 Å². The molecule has 0 unspecified atom stereocenters. The fourth-order valence-electron chi connectivity index (χ4n) is 1.59. The minimum atomic E-state index is -1.21. The van der Waals surface area contributed by atoms with E-state index in [0.29, 0.717) is 10.0 Å². The summed E-state index contributed by atoms with van der Waals surface area (Å²) in [6, 6.07) is 7.20. The average Bonchev–Trinajstić information content (AvgIpc) is 2.37. The first-order valence-electron chi connectivity index (χ1n) is 5.57. The Morgan fingerprint density at radius 1 is 1.15 bits per heavy atom. The number of hydrogen-bond acceptors (Lipinski definition) is 2.